The summed E-state index contributed by atoms with van der Waals surface area (Å²) in [6.07, 6.45) is 4.76. The molecule has 0 bridgehead atoms. The zero-order valence-corrected chi connectivity index (χ0v) is 17.3. The van der Waals surface area contributed by atoms with Gasteiger partial charge in [0.2, 0.25) is 0 Å². The summed E-state index contributed by atoms with van der Waals surface area (Å²) < 4.78 is 2.07. The number of aryl methyl sites for hydroxylation is 4. The fourth-order valence-corrected chi connectivity index (χ4v) is 6.03. The van der Waals surface area contributed by atoms with Gasteiger partial charge in [-0.3, -0.25) is 4.79 Å². The van der Waals surface area contributed by atoms with Gasteiger partial charge in [0, 0.05) is 34.3 Å². The molecule has 136 valence electrons. The van der Waals surface area contributed by atoms with Crippen molar-refractivity contribution < 1.29 is 4.79 Å². The van der Waals surface area contributed by atoms with Crippen molar-refractivity contribution in [3.8, 4) is 0 Å². The number of aromatic nitrogens is 3. The van der Waals surface area contributed by atoms with Crippen LogP contribution in [0.3, 0.4) is 0 Å². The molecule has 0 saturated heterocycles. The molecule has 6 heteroatoms. The lowest BCUT2D eigenvalue weighted by Gasteiger charge is -2.11. The number of hydrogen-bond acceptors (Lipinski definition) is 5. The van der Waals surface area contributed by atoms with Gasteiger partial charge in [0.25, 0.3) is 0 Å². The van der Waals surface area contributed by atoms with E-state index in [0.717, 1.165) is 45.5 Å². The lowest BCUT2D eigenvalue weighted by atomic mass is 9.97. The van der Waals surface area contributed by atoms with Crippen LogP contribution in [0.4, 0.5) is 0 Å². The van der Waals surface area contributed by atoms with Crippen LogP contribution in [0.25, 0.3) is 10.2 Å². The predicted octanol–water partition coefficient (Wildman–Crippen LogP) is 4.81. The first-order valence-corrected chi connectivity index (χ1v) is 10.8. The molecule has 3 aromatic rings. The summed E-state index contributed by atoms with van der Waals surface area (Å²) in [5.41, 5.74) is 4.40. The number of Topliss-reactive ketones (excluding diaryl/α,β-unsaturated/α-hetero) is 1. The smallest absolute Gasteiger partial charge is 0.174 e. The Kier molecular flexibility index (Phi) is 4.65. The normalized spacial score (nSPS) is 14.0. The summed E-state index contributed by atoms with van der Waals surface area (Å²) in [5.74, 6) is 1.38. The van der Waals surface area contributed by atoms with Gasteiger partial charge < -0.3 is 4.57 Å². The second-order valence-corrected chi connectivity index (χ2v) is 9.07. The van der Waals surface area contributed by atoms with Crippen LogP contribution in [-0.2, 0) is 19.9 Å². The SMILES string of the molecule is Cc1nc(SCC(=O)c2cc(C)n(C)c2C)c2c3c(sc2n1)CCCC3. The Morgan fingerprint density at radius 3 is 2.73 bits per heavy atom. The summed E-state index contributed by atoms with van der Waals surface area (Å²) in [5, 5.41) is 2.18. The quantitative estimate of drug-likeness (QED) is 0.367. The summed E-state index contributed by atoms with van der Waals surface area (Å²) in [4.78, 5) is 24.7. The fraction of sp³-hybridized carbons (Fsp3) is 0.450. The lowest BCUT2D eigenvalue weighted by molar-refractivity contribution is 0.102. The third-order valence-electron chi connectivity index (χ3n) is 5.31. The average Bonchev–Trinajstić information content (AvgIpc) is 3.11. The molecule has 1 aliphatic carbocycles. The van der Waals surface area contributed by atoms with Crippen molar-refractivity contribution in [2.24, 2.45) is 7.05 Å². The Labute approximate surface area is 162 Å². The maximum absolute atomic E-state index is 12.8. The lowest BCUT2D eigenvalue weighted by Crippen LogP contribution is -2.05. The largest absolute Gasteiger partial charge is 0.351 e. The first-order chi connectivity index (χ1) is 12.5. The Balaban J connectivity index is 1.65. The summed E-state index contributed by atoms with van der Waals surface area (Å²) in [6.45, 7) is 5.98. The molecule has 4 rings (SSSR count). The number of hydrogen-bond donors (Lipinski definition) is 0. The van der Waals surface area contributed by atoms with Gasteiger partial charge in [-0.2, -0.15) is 0 Å². The topological polar surface area (TPSA) is 47.8 Å². The summed E-state index contributed by atoms with van der Waals surface area (Å²) in [6, 6.07) is 1.99. The first kappa shape index (κ1) is 17.7. The molecular formula is C20H23N3OS2. The molecule has 0 unspecified atom stereocenters. The van der Waals surface area contributed by atoms with E-state index < -0.39 is 0 Å². The predicted molar refractivity (Wildman–Crippen MR) is 109 cm³/mol. The van der Waals surface area contributed by atoms with Crippen molar-refractivity contribution in [3.05, 3.63) is 39.3 Å². The van der Waals surface area contributed by atoms with Gasteiger partial charge in [0.15, 0.2) is 5.78 Å². The van der Waals surface area contributed by atoms with Gasteiger partial charge in [-0.05, 0) is 58.1 Å². The standard InChI is InChI=1S/C20H23N3OS2/c1-11-9-15(12(2)23(11)4)16(24)10-25-19-18-14-7-5-6-8-17(14)26-20(18)22-13(3)21-19/h9H,5-8,10H2,1-4H3. The molecule has 4 nitrogen and oxygen atoms in total. The number of carbonyl (C=O) groups excluding carboxylic acids is 1. The van der Waals surface area contributed by atoms with E-state index in [1.54, 1.807) is 11.8 Å². The van der Waals surface area contributed by atoms with Crippen molar-refractivity contribution >= 4 is 39.1 Å². The van der Waals surface area contributed by atoms with E-state index in [4.69, 9.17) is 4.98 Å². The van der Waals surface area contributed by atoms with E-state index in [9.17, 15) is 4.79 Å². The van der Waals surface area contributed by atoms with Crippen molar-refractivity contribution in [2.75, 3.05) is 5.75 Å². The molecule has 0 atom stereocenters. The van der Waals surface area contributed by atoms with Gasteiger partial charge in [0.1, 0.15) is 15.7 Å². The molecule has 0 radical (unpaired) electrons. The van der Waals surface area contributed by atoms with Crippen LogP contribution < -0.4 is 0 Å². The van der Waals surface area contributed by atoms with E-state index in [0.29, 0.717) is 5.75 Å². The van der Waals surface area contributed by atoms with Crippen LogP contribution in [-0.4, -0.2) is 26.1 Å². The Morgan fingerprint density at radius 2 is 2.00 bits per heavy atom. The van der Waals surface area contributed by atoms with Crippen molar-refractivity contribution in [1.29, 1.82) is 0 Å². The fourth-order valence-electron chi connectivity index (χ4n) is 3.68. The van der Waals surface area contributed by atoms with Crippen molar-refractivity contribution in [3.63, 3.8) is 0 Å². The molecular weight excluding hydrogens is 362 g/mol. The average molecular weight is 386 g/mol. The highest BCUT2D eigenvalue weighted by Crippen LogP contribution is 2.39. The summed E-state index contributed by atoms with van der Waals surface area (Å²) >= 11 is 3.38. The van der Waals surface area contributed by atoms with E-state index in [2.05, 4.69) is 9.55 Å². The Hall–Kier alpha value is -1.66. The molecule has 3 heterocycles. The molecule has 0 amide bonds. The highest BCUT2D eigenvalue weighted by atomic mass is 32.2. The highest BCUT2D eigenvalue weighted by molar-refractivity contribution is 8.00. The molecule has 0 saturated carbocycles. The van der Waals surface area contributed by atoms with Gasteiger partial charge in [-0.25, -0.2) is 9.97 Å². The Bertz CT molecular complexity index is 1020. The number of rotatable bonds is 4. The van der Waals surface area contributed by atoms with Gasteiger partial charge in [-0.1, -0.05) is 11.8 Å². The van der Waals surface area contributed by atoms with Crippen LogP contribution in [0.1, 0.15) is 50.9 Å². The molecule has 0 aromatic carbocycles. The number of thioether (sulfide) groups is 1. The molecule has 3 aromatic heterocycles. The van der Waals surface area contributed by atoms with E-state index in [1.807, 2.05) is 45.2 Å². The minimum Gasteiger partial charge on any atom is -0.351 e. The highest BCUT2D eigenvalue weighted by Gasteiger charge is 2.22. The van der Waals surface area contributed by atoms with Crippen LogP contribution in [0.2, 0.25) is 0 Å². The monoisotopic (exact) mass is 385 g/mol. The van der Waals surface area contributed by atoms with Crippen LogP contribution in [0.15, 0.2) is 11.1 Å². The molecule has 0 aliphatic heterocycles. The number of fused-ring (bicyclic) bond motifs is 3. The maximum atomic E-state index is 12.8. The molecule has 26 heavy (non-hydrogen) atoms. The minimum atomic E-state index is 0.171. The van der Waals surface area contributed by atoms with Crippen molar-refractivity contribution in [2.45, 2.75) is 51.5 Å². The van der Waals surface area contributed by atoms with E-state index >= 15 is 0 Å². The number of thiophene rings is 1. The zero-order chi connectivity index (χ0) is 18.4. The van der Waals surface area contributed by atoms with Gasteiger partial charge in [0.05, 0.1) is 5.75 Å². The third kappa shape index (κ3) is 2.99. The van der Waals surface area contributed by atoms with E-state index in [-0.39, 0.29) is 5.78 Å². The Morgan fingerprint density at radius 1 is 1.23 bits per heavy atom. The maximum Gasteiger partial charge on any atom is 0.174 e. The first-order valence-electron chi connectivity index (χ1n) is 9.03. The number of nitrogens with zero attached hydrogens (tertiary/aromatic N) is 3. The van der Waals surface area contributed by atoms with Crippen LogP contribution in [0, 0.1) is 20.8 Å². The zero-order valence-electron chi connectivity index (χ0n) is 15.7. The molecule has 0 spiro atoms. The van der Waals surface area contributed by atoms with E-state index in [1.165, 1.54) is 28.7 Å². The third-order valence-corrected chi connectivity index (χ3v) is 7.47. The van der Waals surface area contributed by atoms with Crippen LogP contribution in [0.5, 0.6) is 0 Å². The van der Waals surface area contributed by atoms with Crippen LogP contribution >= 0.6 is 23.1 Å². The number of carbonyl (C=O) groups is 1. The molecule has 1 aliphatic rings. The van der Waals surface area contributed by atoms with Gasteiger partial charge >= 0.3 is 0 Å². The molecule has 0 fully saturated rings. The summed E-state index contributed by atoms with van der Waals surface area (Å²) in [7, 11) is 2.00. The number of ketones is 1. The second-order valence-electron chi connectivity index (χ2n) is 7.02. The van der Waals surface area contributed by atoms with Crippen molar-refractivity contribution in [1.82, 2.24) is 14.5 Å². The van der Waals surface area contributed by atoms with Gasteiger partial charge in [-0.15, -0.1) is 11.3 Å². The second kappa shape index (κ2) is 6.82. The molecule has 0 N–H and O–H groups in total. The minimum absolute atomic E-state index is 0.171.